The highest BCUT2D eigenvalue weighted by molar-refractivity contribution is 9.12. The lowest BCUT2D eigenvalue weighted by Gasteiger charge is -2.17. The van der Waals surface area contributed by atoms with Crippen molar-refractivity contribution in [2.75, 3.05) is 6.54 Å². The molecule has 0 bridgehead atoms. The van der Waals surface area contributed by atoms with Gasteiger partial charge < -0.3 is 5.32 Å². The molecule has 0 aliphatic heterocycles. The summed E-state index contributed by atoms with van der Waals surface area (Å²) in [6.45, 7) is 3.22. The Kier molecular flexibility index (Phi) is 5.82. The second-order valence-electron chi connectivity index (χ2n) is 3.96. The van der Waals surface area contributed by atoms with E-state index in [0.29, 0.717) is 6.04 Å². The first-order valence-electron chi connectivity index (χ1n) is 5.76. The zero-order chi connectivity index (χ0) is 13.0. The van der Waals surface area contributed by atoms with Gasteiger partial charge in [-0.15, -0.1) is 22.7 Å². The zero-order valence-electron chi connectivity index (χ0n) is 9.95. The van der Waals surface area contributed by atoms with Crippen molar-refractivity contribution < 1.29 is 0 Å². The molecule has 0 amide bonds. The third kappa shape index (κ3) is 3.87. The molecule has 0 saturated carbocycles. The van der Waals surface area contributed by atoms with Crippen molar-refractivity contribution >= 4 is 54.5 Å². The van der Waals surface area contributed by atoms with Crippen LogP contribution in [0, 0.1) is 0 Å². The van der Waals surface area contributed by atoms with E-state index < -0.39 is 0 Å². The fraction of sp³-hybridized carbons (Fsp3) is 0.417. The molecule has 0 aliphatic carbocycles. The van der Waals surface area contributed by atoms with Gasteiger partial charge in [-0.3, -0.25) is 4.98 Å². The Hall–Kier alpha value is 0.250. The van der Waals surface area contributed by atoms with Crippen molar-refractivity contribution in [3.63, 3.8) is 0 Å². The van der Waals surface area contributed by atoms with Gasteiger partial charge >= 0.3 is 0 Å². The van der Waals surface area contributed by atoms with Crippen molar-refractivity contribution in [3.8, 4) is 0 Å². The fourth-order valence-electron chi connectivity index (χ4n) is 1.75. The summed E-state index contributed by atoms with van der Waals surface area (Å²) < 4.78 is 2.37. The van der Waals surface area contributed by atoms with Gasteiger partial charge in [-0.2, -0.15) is 0 Å². The van der Waals surface area contributed by atoms with Crippen LogP contribution >= 0.6 is 54.5 Å². The van der Waals surface area contributed by atoms with E-state index in [1.807, 2.05) is 11.7 Å². The van der Waals surface area contributed by atoms with Gasteiger partial charge in [0.25, 0.3) is 0 Å². The molecule has 1 atom stereocenters. The van der Waals surface area contributed by atoms with Crippen LogP contribution in [0.1, 0.15) is 29.8 Å². The van der Waals surface area contributed by atoms with Crippen LogP contribution < -0.4 is 5.32 Å². The Morgan fingerprint density at radius 3 is 2.83 bits per heavy atom. The highest BCUT2D eigenvalue weighted by atomic mass is 79.9. The molecular weight excluding hydrogens is 396 g/mol. The van der Waals surface area contributed by atoms with Gasteiger partial charge in [-0.25, -0.2) is 0 Å². The molecule has 0 saturated heterocycles. The van der Waals surface area contributed by atoms with Crippen LogP contribution in [-0.2, 0) is 6.42 Å². The Bertz CT molecular complexity index is 482. The average Bonchev–Trinajstić information content (AvgIpc) is 2.94. The Labute approximate surface area is 132 Å². The van der Waals surface area contributed by atoms with Crippen LogP contribution in [0.4, 0.5) is 0 Å². The first kappa shape index (κ1) is 14.7. The number of aromatic nitrogens is 1. The molecule has 98 valence electrons. The van der Waals surface area contributed by atoms with Crippen molar-refractivity contribution in [2.24, 2.45) is 0 Å². The first-order chi connectivity index (χ1) is 8.70. The number of nitrogens with one attached hydrogen (secondary N) is 1. The van der Waals surface area contributed by atoms with Gasteiger partial charge in [0, 0.05) is 23.5 Å². The zero-order valence-corrected chi connectivity index (χ0v) is 14.8. The van der Waals surface area contributed by atoms with E-state index in [1.54, 1.807) is 22.7 Å². The quantitative estimate of drug-likeness (QED) is 0.724. The predicted octanol–water partition coefficient (Wildman–Crippen LogP) is 5.01. The number of thiazole rings is 1. The fourth-order valence-corrected chi connectivity index (χ4v) is 5.36. The Balaban J connectivity index is 2.16. The molecule has 0 aromatic carbocycles. The molecule has 0 fully saturated rings. The summed E-state index contributed by atoms with van der Waals surface area (Å²) in [5.74, 6) is 0. The van der Waals surface area contributed by atoms with Gasteiger partial charge in [-0.05, 0) is 56.5 Å². The lowest BCUT2D eigenvalue weighted by Crippen LogP contribution is -2.23. The van der Waals surface area contributed by atoms with Crippen molar-refractivity contribution in [1.29, 1.82) is 0 Å². The molecule has 2 heterocycles. The summed E-state index contributed by atoms with van der Waals surface area (Å²) >= 11 is 10.6. The minimum Gasteiger partial charge on any atom is -0.310 e. The van der Waals surface area contributed by atoms with Crippen LogP contribution in [0.25, 0.3) is 0 Å². The smallest absolute Gasteiger partial charge is 0.0794 e. The molecule has 2 nitrogen and oxygen atoms in total. The number of hydrogen-bond acceptors (Lipinski definition) is 4. The summed E-state index contributed by atoms with van der Waals surface area (Å²) in [7, 11) is 0. The summed E-state index contributed by atoms with van der Waals surface area (Å²) in [6.07, 6.45) is 4.09. The van der Waals surface area contributed by atoms with E-state index in [4.69, 9.17) is 0 Å². The number of nitrogens with zero attached hydrogens (tertiary/aromatic N) is 1. The van der Waals surface area contributed by atoms with Crippen LogP contribution in [0.15, 0.2) is 25.3 Å². The van der Waals surface area contributed by atoms with Crippen molar-refractivity contribution in [1.82, 2.24) is 10.3 Å². The van der Waals surface area contributed by atoms with E-state index >= 15 is 0 Å². The van der Waals surface area contributed by atoms with Crippen molar-refractivity contribution in [2.45, 2.75) is 25.8 Å². The normalized spacial score (nSPS) is 12.8. The lowest BCUT2D eigenvalue weighted by atomic mass is 10.1. The second-order valence-corrected chi connectivity index (χ2v) is 8.68. The molecule has 2 rings (SSSR count). The van der Waals surface area contributed by atoms with E-state index in [9.17, 15) is 0 Å². The number of hydrogen-bond donors (Lipinski definition) is 1. The van der Waals surface area contributed by atoms with Gasteiger partial charge in [0.05, 0.1) is 13.1 Å². The van der Waals surface area contributed by atoms with Crippen molar-refractivity contribution in [3.05, 3.63) is 35.8 Å². The number of thiophene rings is 1. The standard InChI is InChI=1S/C12H14Br2N2S2/c1-2-3-16-10(4-8-6-15-7-17-8)9-5-11(13)18-12(9)14/h5-7,10,16H,2-4H2,1H3. The van der Waals surface area contributed by atoms with Crippen LogP contribution in [-0.4, -0.2) is 11.5 Å². The topological polar surface area (TPSA) is 24.9 Å². The Morgan fingerprint density at radius 2 is 2.28 bits per heavy atom. The Morgan fingerprint density at radius 1 is 1.44 bits per heavy atom. The van der Waals surface area contributed by atoms with Gasteiger partial charge in [0.1, 0.15) is 0 Å². The van der Waals surface area contributed by atoms with Gasteiger partial charge in [0.15, 0.2) is 0 Å². The largest absolute Gasteiger partial charge is 0.310 e. The average molecular weight is 410 g/mol. The van der Waals surface area contributed by atoms with Crippen LogP contribution in [0.5, 0.6) is 0 Å². The third-order valence-electron chi connectivity index (χ3n) is 2.59. The second kappa shape index (κ2) is 7.14. The molecule has 2 aromatic rings. The molecule has 2 aromatic heterocycles. The van der Waals surface area contributed by atoms with E-state index in [2.05, 4.69) is 55.2 Å². The molecule has 6 heteroatoms. The summed E-state index contributed by atoms with van der Waals surface area (Å²) in [4.78, 5) is 5.47. The molecule has 18 heavy (non-hydrogen) atoms. The molecular formula is C12H14Br2N2S2. The SMILES string of the molecule is CCCNC(Cc1cncs1)c1cc(Br)sc1Br. The van der Waals surface area contributed by atoms with E-state index in [1.165, 1.54) is 14.2 Å². The maximum atomic E-state index is 4.15. The van der Waals surface area contributed by atoms with E-state index in [-0.39, 0.29) is 0 Å². The molecule has 0 radical (unpaired) electrons. The molecule has 0 aliphatic rings. The highest BCUT2D eigenvalue weighted by Gasteiger charge is 2.17. The highest BCUT2D eigenvalue weighted by Crippen LogP contribution is 2.36. The summed E-state index contributed by atoms with van der Waals surface area (Å²) in [6, 6.07) is 2.55. The van der Waals surface area contributed by atoms with Gasteiger partial charge in [0.2, 0.25) is 0 Å². The number of halogens is 2. The predicted molar refractivity (Wildman–Crippen MR) is 86.6 cm³/mol. The molecule has 0 spiro atoms. The lowest BCUT2D eigenvalue weighted by molar-refractivity contribution is 0.532. The van der Waals surface area contributed by atoms with Crippen LogP contribution in [0.2, 0.25) is 0 Å². The maximum Gasteiger partial charge on any atom is 0.0794 e. The first-order valence-corrected chi connectivity index (χ1v) is 9.04. The van der Waals surface area contributed by atoms with Crippen LogP contribution in [0.3, 0.4) is 0 Å². The number of rotatable bonds is 6. The maximum absolute atomic E-state index is 4.15. The molecule has 1 N–H and O–H groups in total. The summed E-state index contributed by atoms with van der Waals surface area (Å²) in [5, 5.41) is 3.61. The van der Waals surface area contributed by atoms with E-state index in [0.717, 1.165) is 23.2 Å². The van der Waals surface area contributed by atoms with Gasteiger partial charge in [-0.1, -0.05) is 6.92 Å². The third-order valence-corrected chi connectivity index (χ3v) is 5.78. The molecule has 1 unspecified atom stereocenters. The minimum absolute atomic E-state index is 0.349. The monoisotopic (exact) mass is 408 g/mol. The minimum atomic E-state index is 0.349. The summed E-state index contributed by atoms with van der Waals surface area (Å²) in [5.41, 5.74) is 3.22.